The van der Waals surface area contributed by atoms with Gasteiger partial charge in [-0.15, -0.1) is 11.3 Å². The van der Waals surface area contributed by atoms with E-state index in [0.29, 0.717) is 0 Å². The minimum Gasteiger partial charge on any atom is -0.456 e. The lowest BCUT2D eigenvalue weighted by atomic mass is 9.67. The Labute approximate surface area is 612 Å². The van der Waals surface area contributed by atoms with E-state index in [0.717, 1.165) is 27.6 Å². The maximum atomic E-state index is 6.17. The van der Waals surface area contributed by atoms with Gasteiger partial charge in [-0.25, -0.2) is 0 Å². The van der Waals surface area contributed by atoms with Crippen molar-refractivity contribution >= 4 is 121 Å². The Kier molecular flexibility index (Phi) is 12.5. The molecule has 0 radical (unpaired) electrons. The smallest absolute Gasteiger partial charge is 0.135 e. The molecule has 0 saturated heterocycles. The van der Waals surface area contributed by atoms with Gasteiger partial charge < -0.3 is 13.6 Å². The lowest BCUT2D eigenvalue weighted by molar-refractivity contribution is 0.669. The van der Waals surface area contributed by atoms with Crippen molar-refractivity contribution in [2.24, 2.45) is 0 Å². The number of furan rings is 1. The zero-order valence-electron chi connectivity index (χ0n) is 56.0. The molecule has 484 valence electrons. The van der Waals surface area contributed by atoms with Crippen molar-refractivity contribution in [2.75, 3.05) is 0 Å². The summed E-state index contributed by atoms with van der Waals surface area (Å²) in [6, 6.07) is 131. The van der Waals surface area contributed by atoms with E-state index in [1.165, 1.54) is 178 Å². The van der Waals surface area contributed by atoms with Crippen LogP contribution >= 0.6 is 34.9 Å². The standard InChI is InChI=1S/C49H29NOS.C49H29NS2/c2*1-4-17-39-33(14-1)36-28-37-34-15-2-7-20-43(34)50(32-13-11-12-30(26-32)31-24-25-46-38(27-31)35-16-3-8-21-45(35)51-46)44(37)29-42(36)49(39)40-18-5-9-22-47(40)52-48-23-10-6-19-41(48)49/h2*1-29H. The number of nitrogens with zero attached hydrogens (tertiary/aromatic N) is 2. The van der Waals surface area contributed by atoms with Gasteiger partial charge in [0.25, 0.3) is 0 Å². The number of benzene rings is 16. The summed E-state index contributed by atoms with van der Waals surface area (Å²) >= 11 is 5.66. The second kappa shape index (κ2) is 22.2. The number of aromatic nitrogens is 2. The second-order valence-corrected chi connectivity index (χ2v) is 31.3. The van der Waals surface area contributed by atoms with Gasteiger partial charge in [0.15, 0.2) is 0 Å². The van der Waals surface area contributed by atoms with Crippen molar-refractivity contribution in [3.8, 4) is 55.9 Å². The maximum Gasteiger partial charge on any atom is 0.135 e. The molecule has 2 aliphatic carbocycles. The third-order valence-electron chi connectivity index (χ3n) is 22.9. The van der Waals surface area contributed by atoms with Crippen LogP contribution in [0.1, 0.15) is 44.5 Å². The van der Waals surface area contributed by atoms with Crippen LogP contribution in [0.3, 0.4) is 0 Å². The average molecular weight is 1380 g/mol. The van der Waals surface area contributed by atoms with Gasteiger partial charge in [0, 0.05) is 83.4 Å². The molecule has 0 saturated carbocycles. The van der Waals surface area contributed by atoms with Crippen molar-refractivity contribution < 1.29 is 4.42 Å². The summed E-state index contributed by atoms with van der Waals surface area (Å²) in [6.45, 7) is 0. The first-order valence-electron chi connectivity index (χ1n) is 35.7. The van der Waals surface area contributed by atoms with Gasteiger partial charge in [-0.3, -0.25) is 0 Å². The summed E-state index contributed by atoms with van der Waals surface area (Å²) < 4.78 is 13.8. The van der Waals surface area contributed by atoms with Crippen LogP contribution < -0.4 is 0 Å². The summed E-state index contributed by atoms with van der Waals surface area (Å²) in [5.74, 6) is 0. The van der Waals surface area contributed by atoms with Gasteiger partial charge in [0.2, 0.25) is 0 Å². The molecule has 20 aromatic rings. The number of rotatable bonds is 4. The summed E-state index contributed by atoms with van der Waals surface area (Å²) in [5.41, 5.74) is 29.1. The number of hydrogen-bond donors (Lipinski definition) is 0. The largest absolute Gasteiger partial charge is 0.456 e. The van der Waals surface area contributed by atoms with Crippen LogP contribution in [0, 0.1) is 0 Å². The highest BCUT2D eigenvalue weighted by atomic mass is 32.2. The molecule has 0 bridgehead atoms. The summed E-state index contributed by atoms with van der Waals surface area (Å²) in [7, 11) is 0. The molecule has 3 nitrogen and oxygen atoms in total. The zero-order chi connectivity index (χ0) is 67.9. The zero-order valence-corrected chi connectivity index (χ0v) is 58.5. The average Bonchev–Trinajstić information content (AvgIpc) is 1.48. The Hall–Kier alpha value is -12.2. The molecule has 4 aliphatic rings. The molecule has 0 fully saturated rings. The highest BCUT2D eigenvalue weighted by Gasteiger charge is 2.52. The van der Waals surface area contributed by atoms with Crippen molar-refractivity contribution in [3.05, 3.63) is 396 Å². The van der Waals surface area contributed by atoms with E-state index in [-0.39, 0.29) is 0 Å². The van der Waals surface area contributed by atoms with Crippen LogP contribution in [0.25, 0.3) is 142 Å². The fourth-order valence-electron chi connectivity index (χ4n) is 18.6. The van der Waals surface area contributed by atoms with E-state index in [4.69, 9.17) is 4.42 Å². The molecule has 6 heteroatoms. The van der Waals surface area contributed by atoms with Crippen LogP contribution in [0.2, 0.25) is 0 Å². The van der Waals surface area contributed by atoms with Gasteiger partial charge in [0.1, 0.15) is 11.2 Å². The van der Waals surface area contributed by atoms with Crippen LogP contribution in [-0.4, -0.2) is 9.13 Å². The van der Waals surface area contributed by atoms with Gasteiger partial charge in [0.05, 0.1) is 32.9 Å². The summed E-state index contributed by atoms with van der Waals surface area (Å²) in [6.07, 6.45) is 0. The number of fused-ring (bicyclic) bond motifs is 30. The molecule has 24 rings (SSSR count). The van der Waals surface area contributed by atoms with Gasteiger partial charge in [-0.1, -0.05) is 254 Å². The molecule has 2 aliphatic heterocycles. The molecule has 0 N–H and O–H groups in total. The van der Waals surface area contributed by atoms with E-state index in [9.17, 15) is 0 Å². The first-order chi connectivity index (χ1) is 51.5. The van der Waals surface area contributed by atoms with E-state index in [2.05, 4.69) is 349 Å². The van der Waals surface area contributed by atoms with Crippen LogP contribution in [0.15, 0.2) is 376 Å². The van der Waals surface area contributed by atoms with Crippen LogP contribution in [0.5, 0.6) is 0 Å². The van der Waals surface area contributed by atoms with E-state index >= 15 is 0 Å². The Balaban J connectivity index is 0.000000127. The van der Waals surface area contributed by atoms with E-state index < -0.39 is 10.8 Å². The highest BCUT2D eigenvalue weighted by molar-refractivity contribution is 7.99. The van der Waals surface area contributed by atoms with Gasteiger partial charge in [-0.2, -0.15) is 0 Å². The fraction of sp³-hybridized carbons (Fsp3) is 0.0204. The molecule has 0 amide bonds. The predicted octanol–water partition coefficient (Wildman–Crippen LogP) is 26.8. The molecule has 0 unspecified atom stereocenters. The number of hydrogen-bond acceptors (Lipinski definition) is 4. The Bertz CT molecular complexity index is 6580. The molecule has 4 aromatic heterocycles. The molecular formula is C98H58N2OS3. The van der Waals surface area contributed by atoms with Crippen molar-refractivity contribution in [1.29, 1.82) is 0 Å². The molecule has 0 atom stereocenters. The SMILES string of the molecule is c1cc(-c2ccc3oc4ccccc4c3c2)cc(-n2c3ccccc3c3cc4c(cc32)C2(c3ccccc3Sc3ccccc32)c2ccccc2-4)c1.c1cc(-c2ccc3sc4ccccc4c3c2)cc(-n2c3ccccc3c3cc4c(cc32)C2(c3ccccc3Sc3ccccc32)c2ccccc2-4)c1. The van der Waals surface area contributed by atoms with Crippen molar-refractivity contribution in [2.45, 2.75) is 30.4 Å². The van der Waals surface area contributed by atoms with Crippen molar-refractivity contribution in [3.63, 3.8) is 0 Å². The Morgan fingerprint density at radius 3 is 1.14 bits per heavy atom. The molecular weight excluding hydrogens is 1320 g/mol. The summed E-state index contributed by atoms with van der Waals surface area (Å²) in [4.78, 5) is 5.29. The first-order valence-corrected chi connectivity index (χ1v) is 38.1. The molecule has 6 heterocycles. The monoisotopic (exact) mass is 1370 g/mol. The topological polar surface area (TPSA) is 23.0 Å². The lowest BCUT2D eigenvalue weighted by Crippen LogP contribution is -2.31. The number of para-hydroxylation sites is 3. The minimum absolute atomic E-state index is 0.416. The van der Waals surface area contributed by atoms with Crippen LogP contribution in [-0.2, 0) is 10.8 Å². The van der Waals surface area contributed by atoms with E-state index in [1.54, 1.807) is 0 Å². The van der Waals surface area contributed by atoms with Gasteiger partial charge >= 0.3 is 0 Å². The minimum atomic E-state index is -0.426. The lowest BCUT2D eigenvalue weighted by Gasteiger charge is -2.39. The third kappa shape index (κ3) is 8.10. The molecule has 104 heavy (non-hydrogen) atoms. The van der Waals surface area contributed by atoms with Gasteiger partial charge in [-0.05, 0) is 210 Å². The maximum absolute atomic E-state index is 6.17. The second-order valence-electron chi connectivity index (χ2n) is 28.0. The van der Waals surface area contributed by atoms with E-state index in [1.807, 2.05) is 47.0 Å². The number of thiophene rings is 1. The molecule has 16 aromatic carbocycles. The Morgan fingerprint density at radius 2 is 0.615 bits per heavy atom. The van der Waals surface area contributed by atoms with Crippen LogP contribution in [0.4, 0.5) is 0 Å². The highest BCUT2D eigenvalue weighted by Crippen LogP contribution is 2.65. The predicted molar refractivity (Wildman–Crippen MR) is 435 cm³/mol. The fourth-order valence-corrected chi connectivity index (χ4v) is 22.1. The van der Waals surface area contributed by atoms with Crippen molar-refractivity contribution in [1.82, 2.24) is 9.13 Å². The first kappa shape index (κ1) is 58.5. The quantitative estimate of drug-likeness (QED) is 0.175. The normalized spacial score (nSPS) is 13.8. The summed E-state index contributed by atoms with van der Waals surface area (Å²) in [5, 5.41) is 10.0. The third-order valence-corrected chi connectivity index (χ3v) is 26.4. The Morgan fingerprint density at radius 1 is 0.221 bits per heavy atom. The molecule has 2 spiro atoms.